The molecule has 1 N–H and O–H groups in total. The number of nitrogens with one attached hydrogen (secondary N) is 1. The van der Waals surface area contributed by atoms with Gasteiger partial charge in [0, 0.05) is 7.05 Å². The van der Waals surface area contributed by atoms with E-state index in [0.717, 1.165) is 5.56 Å². The second-order valence-electron chi connectivity index (χ2n) is 7.37. The third kappa shape index (κ3) is 6.65. The summed E-state index contributed by atoms with van der Waals surface area (Å²) < 4.78 is 10.7. The van der Waals surface area contributed by atoms with Crippen LogP contribution in [0.3, 0.4) is 0 Å². The fourth-order valence-electron chi connectivity index (χ4n) is 2.60. The molecule has 2 atom stereocenters. The molecule has 0 aromatic heterocycles. The van der Waals surface area contributed by atoms with Gasteiger partial charge in [0.25, 0.3) is 0 Å². The highest BCUT2D eigenvalue weighted by Crippen LogP contribution is 2.17. The molecule has 0 saturated carbocycles. The molecule has 1 fully saturated rings. The summed E-state index contributed by atoms with van der Waals surface area (Å²) in [6.45, 7) is 5.93. The summed E-state index contributed by atoms with van der Waals surface area (Å²) in [5, 5.41) is 4.29. The van der Waals surface area contributed by atoms with Crippen LogP contribution >= 0.6 is 0 Å². The van der Waals surface area contributed by atoms with Gasteiger partial charge in [-0.1, -0.05) is 30.3 Å². The van der Waals surface area contributed by atoms with E-state index in [1.807, 2.05) is 51.1 Å². The van der Waals surface area contributed by atoms with Gasteiger partial charge in [-0.2, -0.15) is 5.06 Å². The van der Waals surface area contributed by atoms with Crippen molar-refractivity contribution >= 4 is 12.1 Å². The molecule has 1 aliphatic rings. The Hall–Kier alpha value is -2.12. The lowest BCUT2D eigenvalue weighted by Gasteiger charge is -2.23. The summed E-state index contributed by atoms with van der Waals surface area (Å²) >= 11 is 0. The van der Waals surface area contributed by atoms with Gasteiger partial charge in [0.2, 0.25) is 0 Å². The van der Waals surface area contributed by atoms with Crippen LogP contribution in [0, 0.1) is 0 Å². The molecule has 144 valence electrons. The van der Waals surface area contributed by atoms with Crippen molar-refractivity contribution in [1.29, 1.82) is 0 Å². The van der Waals surface area contributed by atoms with Gasteiger partial charge in [0.1, 0.15) is 18.2 Å². The van der Waals surface area contributed by atoms with E-state index in [1.54, 1.807) is 7.05 Å². The highest BCUT2D eigenvalue weighted by atomic mass is 16.7. The molecular formula is C19H28N2O5. The molecule has 7 heteroatoms. The molecule has 1 unspecified atom stereocenters. The van der Waals surface area contributed by atoms with Crippen LogP contribution in [0.1, 0.15) is 39.2 Å². The minimum absolute atomic E-state index is 0.223. The van der Waals surface area contributed by atoms with Crippen molar-refractivity contribution in [3.05, 3.63) is 35.9 Å². The Bertz CT molecular complexity index is 600. The Morgan fingerprint density at radius 3 is 2.58 bits per heavy atom. The Morgan fingerprint density at radius 2 is 1.92 bits per heavy atom. The van der Waals surface area contributed by atoms with Crippen LogP contribution in [0.5, 0.6) is 0 Å². The lowest BCUT2D eigenvalue weighted by Crippen LogP contribution is -2.41. The molecule has 1 aromatic rings. The second kappa shape index (κ2) is 9.00. The van der Waals surface area contributed by atoms with E-state index in [1.165, 1.54) is 5.06 Å². The van der Waals surface area contributed by atoms with Crippen LogP contribution < -0.4 is 5.32 Å². The van der Waals surface area contributed by atoms with E-state index in [9.17, 15) is 9.59 Å². The number of hydrogen-bond donors (Lipinski definition) is 1. The fraction of sp³-hybridized carbons (Fsp3) is 0.579. The zero-order chi connectivity index (χ0) is 19.2. The minimum atomic E-state index is -0.559. The predicted octanol–water partition coefficient (Wildman–Crippen LogP) is 2.65. The number of likely N-dealkylation sites (N-methyl/N-ethyl adjacent to an activating group) is 1. The van der Waals surface area contributed by atoms with E-state index in [4.69, 9.17) is 14.3 Å². The van der Waals surface area contributed by atoms with Crippen LogP contribution in [0.15, 0.2) is 30.3 Å². The van der Waals surface area contributed by atoms with Gasteiger partial charge in [-0.25, -0.2) is 4.79 Å². The Labute approximate surface area is 154 Å². The monoisotopic (exact) mass is 364 g/mol. The topological polar surface area (TPSA) is 77.1 Å². The van der Waals surface area contributed by atoms with Crippen molar-refractivity contribution in [2.75, 3.05) is 13.7 Å². The average Bonchev–Trinajstić information content (AvgIpc) is 2.74. The lowest BCUT2D eigenvalue weighted by molar-refractivity contribution is -0.188. The zero-order valence-corrected chi connectivity index (χ0v) is 15.9. The second-order valence-corrected chi connectivity index (χ2v) is 7.37. The Kier molecular flexibility index (Phi) is 6.99. The highest BCUT2D eigenvalue weighted by molar-refractivity contribution is 5.75. The van der Waals surface area contributed by atoms with Gasteiger partial charge in [0.15, 0.2) is 0 Å². The lowest BCUT2D eigenvalue weighted by atomic mass is 10.1. The number of carbonyl (C=O) groups is 2. The summed E-state index contributed by atoms with van der Waals surface area (Å²) in [4.78, 5) is 29.9. The van der Waals surface area contributed by atoms with E-state index < -0.39 is 17.7 Å². The van der Waals surface area contributed by atoms with Crippen LogP contribution in [-0.4, -0.2) is 48.5 Å². The maximum absolute atomic E-state index is 12.4. The van der Waals surface area contributed by atoms with E-state index in [2.05, 4.69) is 5.32 Å². The van der Waals surface area contributed by atoms with Crippen LogP contribution in [-0.2, 0) is 25.7 Å². The number of hydroxylamine groups is 2. The van der Waals surface area contributed by atoms with Crippen LogP contribution in [0.25, 0.3) is 0 Å². The average molecular weight is 364 g/mol. The number of esters is 1. The summed E-state index contributed by atoms with van der Waals surface area (Å²) in [6.07, 6.45) is 0.623. The fourth-order valence-corrected chi connectivity index (χ4v) is 2.60. The first kappa shape index (κ1) is 20.2. The van der Waals surface area contributed by atoms with Crippen molar-refractivity contribution in [3.63, 3.8) is 0 Å². The van der Waals surface area contributed by atoms with Gasteiger partial charge in [-0.05, 0) is 39.2 Å². The predicted molar refractivity (Wildman–Crippen MR) is 96.1 cm³/mol. The molecule has 0 aliphatic carbocycles. The third-order valence-corrected chi connectivity index (χ3v) is 3.92. The number of alkyl carbamates (subject to hydrolysis) is 1. The van der Waals surface area contributed by atoms with Crippen molar-refractivity contribution < 1.29 is 23.9 Å². The maximum Gasteiger partial charge on any atom is 0.407 e. The van der Waals surface area contributed by atoms with Crippen molar-refractivity contribution in [2.45, 2.75) is 57.9 Å². The van der Waals surface area contributed by atoms with Gasteiger partial charge < -0.3 is 14.8 Å². The molecular weight excluding hydrogens is 336 g/mol. The van der Waals surface area contributed by atoms with Gasteiger partial charge in [-0.3, -0.25) is 9.63 Å². The minimum Gasteiger partial charge on any atom is -0.460 e. The molecule has 1 aliphatic heterocycles. The van der Waals surface area contributed by atoms with Gasteiger partial charge in [0.05, 0.1) is 12.6 Å². The van der Waals surface area contributed by atoms with Gasteiger partial charge in [-0.15, -0.1) is 0 Å². The first-order valence-corrected chi connectivity index (χ1v) is 8.80. The summed E-state index contributed by atoms with van der Waals surface area (Å²) in [7, 11) is 1.70. The molecule has 1 saturated heterocycles. The quantitative estimate of drug-likeness (QED) is 0.828. The number of carbonyl (C=O) groups excluding carboxylic acids is 2. The Balaban J connectivity index is 1.84. The van der Waals surface area contributed by atoms with Crippen molar-refractivity contribution in [2.24, 2.45) is 0 Å². The number of rotatable bonds is 4. The molecule has 0 bridgehead atoms. The van der Waals surface area contributed by atoms with E-state index in [-0.39, 0.29) is 25.2 Å². The number of ether oxygens (including phenoxy) is 2. The number of benzene rings is 1. The van der Waals surface area contributed by atoms with Gasteiger partial charge >= 0.3 is 12.1 Å². The normalized spacial score (nSPS) is 21.5. The number of hydrogen-bond acceptors (Lipinski definition) is 6. The number of amides is 1. The van der Waals surface area contributed by atoms with E-state index >= 15 is 0 Å². The van der Waals surface area contributed by atoms with Crippen LogP contribution in [0.2, 0.25) is 0 Å². The maximum atomic E-state index is 12.4. The summed E-state index contributed by atoms with van der Waals surface area (Å²) in [6, 6.07) is 8.79. The first-order chi connectivity index (χ1) is 12.2. The summed E-state index contributed by atoms with van der Waals surface area (Å²) in [5.74, 6) is -0.339. The molecule has 7 nitrogen and oxygen atoms in total. The Morgan fingerprint density at radius 1 is 1.23 bits per heavy atom. The highest BCUT2D eigenvalue weighted by Gasteiger charge is 2.31. The first-order valence-electron chi connectivity index (χ1n) is 8.80. The van der Waals surface area contributed by atoms with E-state index in [0.29, 0.717) is 12.8 Å². The molecule has 1 heterocycles. The van der Waals surface area contributed by atoms with Crippen molar-refractivity contribution in [3.8, 4) is 0 Å². The summed E-state index contributed by atoms with van der Waals surface area (Å²) in [5.41, 5.74) is 0.374. The molecule has 1 aromatic carbocycles. The molecule has 2 rings (SSSR count). The molecule has 0 radical (unpaired) electrons. The SMILES string of the molecule is CN1OC[C@@H](NC(=O)OC(C)(C)C)CCC1C(=O)OCc1ccccc1. The smallest absolute Gasteiger partial charge is 0.407 e. The largest absolute Gasteiger partial charge is 0.460 e. The van der Waals surface area contributed by atoms with Crippen molar-refractivity contribution in [1.82, 2.24) is 10.4 Å². The third-order valence-electron chi connectivity index (χ3n) is 3.92. The van der Waals surface area contributed by atoms with Crippen LogP contribution in [0.4, 0.5) is 4.79 Å². The zero-order valence-electron chi connectivity index (χ0n) is 15.9. The molecule has 0 spiro atoms. The number of nitrogens with zero attached hydrogens (tertiary/aromatic N) is 1. The standard InChI is InChI=1S/C19H28N2O5/c1-19(2,3)26-18(23)20-15-10-11-16(21(4)25-13-15)17(22)24-12-14-8-6-5-7-9-14/h5-9,15-16H,10-13H2,1-4H3,(H,20,23)/t15-,16?/m0/s1. The molecule has 1 amide bonds. The molecule has 26 heavy (non-hydrogen) atoms.